The molecule has 2 heterocycles. The molecule has 0 unspecified atom stereocenters. The molecule has 1 aliphatic rings. The molecule has 0 spiro atoms. The molecule has 5 nitrogen and oxygen atoms in total. The van der Waals surface area contributed by atoms with Crippen molar-refractivity contribution in [2.45, 2.75) is 33.1 Å². The third kappa shape index (κ3) is 2.79. The molecule has 0 N–H and O–H groups in total. The van der Waals surface area contributed by atoms with Gasteiger partial charge >= 0.3 is 5.97 Å². The maximum atomic E-state index is 11.9. The topological polar surface area (TPSA) is 55.3 Å². The van der Waals surface area contributed by atoms with Gasteiger partial charge in [-0.1, -0.05) is 12.8 Å². The van der Waals surface area contributed by atoms with Gasteiger partial charge in [0.15, 0.2) is 0 Å². The van der Waals surface area contributed by atoms with Gasteiger partial charge in [0.05, 0.1) is 12.5 Å². The molecule has 0 atom stereocenters. The molecule has 0 saturated heterocycles. The summed E-state index contributed by atoms with van der Waals surface area (Å²) in [5.74, 6) is 2.24. The number of anilines is 1. The van der Waals surface area contributed by atoms with Crippen molar-refractivity contribution in [3.05, 3.63) is 16.3 Å². The molecular weight excluding hydrogens is 298 g/mol. The molecule has 1 saturated carbocycles. The van der Waals surface area contributed by atoms with E-state index in [4.69, 9.17) is 4.74 Å². The van der Waals surface area contributed by atoms with Gasteiger partial charge in [0.1, 0.15) is 21.3 Å². The summed E-state index contributed by atoms with van der Waals surface area (Å²) in [7, 11) is 3.48. The molecule has 2 aromatic rings. The fourth-order valence-corrected chi connectivity index (χ4v) is 3.81. The van der Waals surface area contributed by atoms with E-state index in [9.17, 15) is 4.79 Å². The number of thiophene rings is 1. The van der Waals surface area contributed by atoms with E-state index in [1.165, 1.54) is 37.7 Å². The Labute approximate surface area is 134 Å². The molecule has 6 heteroatoms. The number of carbonyl (C=O) groups is 1. The van der Waals surface area contributed by atoms with E-state index in [2.05, 4.69) is 21.9 Å². The maximum Gasteiger partial charge on any atom is 0.348 e. The van der Waals surface area contributed by atoms with Crippen LogP contribution >= 0.6 is 11.3 Å². The van der Waals surface area contributed by atoms with Crippen molar-refractivity contribution in [2.75, 3.05) is 25.6 Å². The summed E-state index contributed by atoms with van der Waals surface area (Å²) in [6.45, 7) is 4.83. The van der Waals surface area contributed by atoms with Crippen molar-refractivity contribution in [1.29, 1.82) is 0 Å². The Balaban J connectivity index is 2.03. The van der Waals surface area contributed by atoms with Crippen LogP contribution < -0.4 is 4.90 Å². The first-order valence-electron chi connectivity index (χ1n) is 7.58. The molecule has 0 radical (unpaired) electrons. The van der Waals surface area contributed by atoms with Crippen LogP contribution in [0.25, 0.3) is 10.2 Å². The summed E-state index contributed by atoms with van der Waals surface area (Å²) < 4.78 is 4.87. The fourth-order valence-electron chi connectivity index (χ4n) is 2.67. The number of ether oxygens (including phenoxy) is 1. The molecule has 0 bridgehead atoms. The second-order valence-corrected chi connectivity index (χ2v) is 6.98. The van der Waals surface area contributed by atoms with E-state index in [0.717, 1.165) is 39.9 Å². The Morgan fingerprint density at radius 1 is 1.36 bits per heavy atom. The lowest BCUT2D eigenvalue weighted by Crippen LogP contribution is -2.21. The zero-order valence-corrected chi connectivity index (χ0v) is 14.3. The number of aryl methyl sites for hydroxylation is 2. The number of nitrogens with zero attached hydrogens (tertiary/aromatic N) is 3. The van der Waals surface area contributed by atoms with Gasteiger partial charge < -0.3 is 9.64 Å². The Hall–Kier alpha value is -1.69. The van der Waals surface area contributed by atoms with Crippen LogP contribution in [0, 0.1) is 19.8 Å². The van der Waals surface area contributed by atoms with Crippen molar-refractivity contribution in [3.8, 4) is 0 Å². The summed E-state index contributed by atoms with van der Waals surface area (Å²) in [6, 6.07) is 0. The summed E-state index contributed by atoms with van der Waals surface area (Å²) >= 11 is 1.39. The lowest BCUT2D eigenvalue weighted by molar-refractivity contribution is 0.0605. The monoisotopic (exact) mass is 319 g/mol. The van der Waals surface area contributed by atoms with Crippen LogP contribution in [0.5, 0.6) is 0 Å². The van der Waals surface area contributed by atoms with Gasteiger partial charge in [0, 0.05) is 13.6 Å². The highest BCUT2D eigenvalue weighted by Gasteiger charge is 2.24. The normalized spacial score (nSPS) is 14.4. The highest BCUT2D eigenvalue weighted by molar-refractivity contribution is 7.20. The van der Waals surface area contributed by atoms with Crippen LogP contribution in [-0.4, -0.2) is 36.6 Å². The predicted molar refractivity (Wildman–Crippen MR) is 88.8 cm³/mol. The van der Waals surface area contributed by atoms with Crippen molar-refractivity contribution in [1.82, 2.24) is 9.97 Å². The Bertz CT molecular complexity index is 722. The number of methoxy groups -OCH3 is 1. The van der Waals surface area contributed by atoms with Crippen molar-refractivity contribution in [2.24, 2.45) is 5.92 Å². The first-order chi connectivity index (χ1) is 10.5. The van der Waals surface area contributed by atoms with E-state index in [0.29, 0.717) is 4.88 Å². The highest BCUT2D eigenvalue weighted by Crippen LogP contribution is 2.37. The van der Waals surface area contributed by atoms with Gasteiger partial charge in [-0.25, -0.2) is 14.8 Å². The van der Waals surface area contributed by atoms with Gasteiger partial charge in [-0.3, -0.25) is 0 Å². The summed E-state index contributed by atoms with van der Waals surface area (Å²) in [5.41, 5.74) is 0.917. The molecule has 2 aromatic heterocycles. The van der Waals surface area contributed by atoms with E-state index in [1.807, 2.05) is 13.8 Å². The van der Waals surface area contributed by atoms with Crippen molar-refractivity contribution < 1.29 is 9.53 Å². The molecule has 0 amide bonds. The van der Waals surface area contributed by atoms with Crippen LogP contribution in [0.3, 0.4) is 0 Å². The highest BCUT2D eigenvalue weighted by atomic mass is 32.1. The molecular formula is C16H21N3O2S. The quantitative estimate of drug-likeness (QED) is 0.791. The SMILES string of the molecule is COC(=O)c1sc2nc(C)nc(N(C)CCC3CC3)c2c1C. The minimum Gasteiger partial charge on any atom is -0.465 e. The number of hydrogen-bond acceptors (Lipinski definition) is 6. The smallest absolute Gasteiger partial charge is 0.348 e. The lowest BCUT2D eigenvalue weighted by Gasteiger charge is -2.19. The minimum atomic E-state index is -0.301. The zero-order valence-electron chi connectivity index (χ0n) is 13.5. The van der Waals surface area contributed by atoms with Crippen LogP contribution in [0.4, 0.5) is 5.82 Å². The second-order valence-electron chi connectivity index (χ2n) is 5.98. The van der Waals surface area contributed by atoms with Gasteiger partial charge in [-0.15, -0.1) is 11.3 Å². The number of hydrogen-bond donors (Lipinski definition) is 0. The van der Waals surface area contributed by atoms with Crippen LogP contribution in [-0.2, 0) is 4.74 Å². The van der Waals surface area contributed by atoms with E-state index in [1.54, 1.807) is 0 Å². The van der Waals surface area contributed by atoms with Gasteiger partial charge in [-0.2, -0.15) is 0 Å². The number of esters is 1. The first-order valence-corrected chi connectivity index (χ1v) is 8.40. The van der Waals surface area contributed by atoms with Crippen LogP contribution in [0.1, 0.15) is 40.3 Å². The molecule has 1 aliphatic carbocycles. The third-order valence-corrected chi connectivity index (χ3v) is 5.35. The van der Waals surface area contributed by atoms with Crippen LogP contribution in [0.2, 0.25) is 0 Å². The van der Waals surface area contributed by atoms with Crippen molar-refractivity contribution >= 4 is 33.3 Å². The zero-order chi connectivity index (χ0) is 15.9. The van der Waals surface area contributed by atoms with Crippen molar-refractivity contribution in [3.63, 3.8) is 0 Å². The second kappa shape index (κ2) is 5.83. The minimum absolute atomic E-state index is 0.301. The van der Waals surface area contributed by atoms with Gasteiger partial charge in [0.2, 0.25) is 0 Å². The molecule has 0 aliphatic heterocycles. The average Bonchev–Trinajstić information content (AvgIpc) is 3.27. The van der Waals surface area contributed by atoms with E-state index >= 15 is 0 Å². The Kier molecular flexibility index (Phi) is 4.04. The van der Waals surface area contributed by atoms with E-state index in [-0.39, 0.29) is 5.97 Å². The number of fused-ring (bicyclic) bond motifs is 1. The molecule has 118 valence electrons. The summed E-state index contributed by atoms with van der Waals surface area (Å²) in [4.78, 5) is 24.7. The summed E-state index contributed by atoms with van der Waals surface area (Å²) in [5, 5.41) is 0.981. The maximum absolute atomic E-state index is 11.9. The summed E-state index contributed by atoms with van der Waals surface area (Å²) in [6.07, 6.45) is 3.92. The molecule has 22 heavy (non-hydrogen) atoms. The fraction of sp³-hybridized carbons (Fsp3) is 0.562. The first kappa shape index (κ1) is 15.2. The third-order valence-electron chi connectivity index (χ3n) is 4.18. The van der Waals surface area contributed by atoms with Gasteiger partial charge in [-0.05, 0) is 31.7 Å². The molecule has 0 aromatic carbocycles. The largest absolute Gasteiger partial charge is 0.465 e. The molecule has 3 rings (SSSR count). The Morgan fingerprint density at radius 3 is 2.73 bits per heavy atom. The predicted octanol–water partition coefficient (Wildman–Crippen LogP) is 3.33. The van der Waals surface area contributed by atoms with E-state index < -0.39 is 0 Å². The van der Waals surface area contributed by atoms with Gasteiger partial charge in [0.25, 0.3) is 0 Å². The standard InChI is InChI=1S/C16H21N3O2S/c1-9-12-14(19(3)8-7-11-5-6-11)17-10(2)18-15(12)22-13(9)16(20)21-4/h11H,5-8H2,1-4H3. The number of aromatic nitrogens is 2. The average molecular weight is 319 g/mol. The van der Waals surface area contributed by atoms with Crippen LogP contribution in [0.15, 0.2) is 0 Å². The number of rotatable bonds is 5. The number of carbonyl (C=O) groups excluding carboxylic acids is 1. The molecule has 1 fully saturated rings. The Morgan fingerprint density at radius 2 is 2.09 bits per heavy atom. The lowest BCUT2D eigenvalue weighted by atomic mass is 10.2.